The molecule has 2 heteroatoms. The summed E-state index contributed by atoms with van der Waals surface area (Å²) in [5.41, 5.74) is 1.04. The Morgan fingerprint density at radius 2 is 2.00 bits per heavy atom. The van der Waals surface area contributed by atoms with Crippen LogP contribution in [-0.2, 0) is 4.79 Å². The molecule has 1 fully saturated rings. The van der Waals surface area contributed by atoms with E-state index in [1.165, 1.54) is 0 Å². The molecule has 0 bridgehead atoms. The molecule has 76 valence electrons. The summed E-state index contributed by atoms with van der Waals surface area (Å²) in [4.78, 5) is 11.1. The van der Waals surface area contributed by atoms with Crippen LogP contribution in [0, 0.1) is 5.92 Å². The van der Waals surface area contributed by atoms with Gasteiger partial charge in [0.05, 0.1) is 0 Å². The molecule has 0 aromatic carbocycles. The highest BCUT2D eigenvalue weighted by atomic mass is 35.5. The van der Waals surface area contributed by atoms with Crippen molar-refractivity contribution in [1.29, 1.82) is 0 Å². The van der Waals surface area contributed by atoms with Gasteiger partial charge in [0.15, 0.2) is 0 Å². The summed E-state index contributed by atoms with van der Waals surface area (Å²) in [6.45, 7) is 7.38. The molecule has 0 aromatic rings. The number of hydrogen-bond donors (Lipinski definition) is 0. The van der Waals surface area contributed by atoms with Crippen LogP contribution in [0.4, 0.5) is 0 Å². The van der Waals surface area contributed by atoms with Gasteiger partial charge in [-0.3, -0.25) is 4.79 Å². The molecule has 1 saturated carbocycles. The predicted molar refractivity (Wildman–Crippen MR) is 60.2 cm³/mol. The summed E-state index contributed by atoms with van der Waals surface area (Å²) in [7, 11) is 0. The van der Waals surface area contributed by atoms with Crippen LogP contribution in [0.5, 0.6) is 0 Å². The van der Waals surface area contributed by atoms with Crippen LogP contribution in [0.1, 0.15) is 25.7 Å². The monoisotopic (exact) mass is 210 g/mol. The van der Waals surface area contributed by atoms with Crippen LogP contribution in [0.3, 0.4) is 0 Å². The Balaban J connectivity index is 2.70. The number of carbonyl (C=O) groups excluding carboxylic acids is 1. The largest absolute Gasteiger partial charge is 0.300 e. The fraction of sp³-hybridized carbons (Fsp3) is 0.417. The summed E-state index contributed by atoms with van der Waals surface area (Å²) in [6, 6.07) is 0. The zero-order valence-electron chi connectivity index (χ0n) is 8.26. The molecule has 0 saturated heterocycles. The van der Waals surface area contributed by atoms with Gasteiger partial charge in [0, 0.05) is 17.9 Å². The predicted octanol–water partition coefficient (Wildman–Crippen LogP) is 3.61. The minimum atomic E-state index is 0.361. The maximum atomic E-state index is 11.1. The lowest BCUT2D eigenvalue weighted by Gasteiger charge is -2.23. The fourth-order valence-electron chi connectivity index (χ4n) is 1.83. The lowest BCUT2D eigenvalue weighted by molar-refractivity contribution is -0.120. The highest BCUT2D eigenvalue weighted by Gasteiger charge is 2.22. The number of ketones is 1. The molecular formula is C12H15ClO. The smallest absolute Gasteiger partial charge is 0.132 e. The lowest BCUT2D eigenvalue weighted by Crippen LogP contribution is -2.15. The molecule has 1 aliphatic carbocycles. The number of rotatable bonds is 3. The van der Waals surface area contributed by atoms with Crippen LogP contribution in [0.2, 0.25) is 0 Å². The first-order valence-corrected chi connectivity index (χ1v) is 5.22. The molecule has 1 nitrogen and oxygen atoms in total. The zero-order valence-corrected chi connectivity index (χ0v) is 9.02. The molecule has 0 unspecified atom stereocenters. The third kappa shape index (κ3) is 2.85. The Labute approximate surface area is 90.1 Å². The third-order valence-electron chi connectivity index (χ3n) is 2.59. The normalized spacial score (nSPS) is 19.5. The van der Waals surface area contributed by atoms with Gasteiger partial charge in [0.1, 0.15) is 5.78 Å². The average Bonchev–Trinajstić information content (AvgIpc) is 2.15. The second-order valence-electron chi connectivity index (χ2n) is 3.58. The van der Waals surface area contributed by atoms with E-state index in [4.69, 9.17) is 11.6 Å². The minimum absolute atomic E-state index is 0.361. The van der Waals surface area contributed by atoms with Crippen molar-refractivity contribution in [2.24, 2.45) is 5.92 Å². The van der Waals surface area contributed by atoms with Gasteiger partial charge in [-0.25, -0.2) is 0 Å². The lowest BCUT2D eigenvalue weighted by atomic mass is 9.83. The second-order valence-corrected chi connectivity index (χ2v) is 4.03. The fourth-order valence-corrected chi connectivity index (χ4v) is 2.04. The van der Waals surface area contributed by atoms with Crippen molar-refractivity contribution in [3.05, 3.63) is 35.9 Å². The second kappa shape index (κ2) is 5.16. The summed E-state index contributed by atoms with van der Waals surface area (Å²) < 4.78 is 0. The van der Waals surface area contributed by atoms with Crippen molar-refractivity contribution in [3.8, 4) is 0 Å². The Hall–Kier alpha value is -0.820. The SMILES string of the molecule is C=C/C=C(\C(=C)Cl)C1CCC(=O)CC1. The molecule has 0 aliphatic heterocycles. The van der Waals surface area contributed by atoms with Crippen LogP contribution < -0.4 is 0 Å². The van der Waals surface area contributed by atoms with Crippen LogP contribution >= 0.6 is 11.6 Å². The Kier molecular flexibility index (Phi) is 4.15. The van der Waals surface area contributed by atoms with Crippen LogP contribution in [0.15, 0.2) is 35.9 Å². The molecule has 0 aromatic heterocycles. The van der Waals surface area contributed by atoms with E-state index < -0.39 is 0 Å². The maximum absolute atomic E-state index is 11.1. The van der Waals surface area contributed by atoms with Crippen LogP contribution in [-0.4, -0.2) is 5.78 Å². The molecule has 1 rings (SSSR count). The standard InChI is InChI=1S/C12H15ClO/c1-3-4-12(9(2)13)10-5-7-11(14)8-6-10/h3-4,10H,1-2,5-8H2/b12-4+. The summed E-state index contributed by atoms with van der Waals surface area (Å²) in [5, 5.41) is 0.573. The summed E-state index contributed by atoms with van der Waals surface area (Å²) in [5.74, 6) is 0.745. The highest BCUT2D eigenvalue weighted by molar-refractivity contribution is 6.31. The molecule has 0 N–H and O–H groups in total. The maximum Gasteiger partial charge on any atom is 0.132 e. The number of hydrogen-bond acceptors (Lipinski definition) is 1. The van der Waals surface area contributed by atoms with Crippen molar-refractivity contribution in [2.45, 2.75) is 25.7 Å². The van der Waals surface area contributed by atoms with E-state index in [0.717, 1.165) is 18.4 Å². The van der Waals surface area contributed by atoms with Crippen molar-refractivity contribution in [1.82, 2.24) is 0 Å². The first kappa shape index (κ1) is 11.3. The molecule has 0 atom stereocenters. The average molecular weight is 211 g/mol. The van der Waals surface area contributed by atoms with E-state index in [-0.39, 0.29) is 0 Å². The van der Waals surface area contributed by atoms with E-state index in [0.29, 0.717) is 29.6 Å². The van der Waals surface area contributed by atoms with E-state index >= 15 is 0 Å². The number of allylic oxidation sites excluding steroid dienone is 4. The Bertz CT molecular complexity index is 279. The number of carbonyl (C=O) groups is 1. The Morgan fingerprint density at radius 3 is 2.43 bits per heavy atom. The zero-order chi connectivity index (χ0) is 10.6. The molecular weight excluding hydrogens is 196 g/mol. The van der Waals surface area contributed by atoms with Crippen molar-refractivity contribution >= 4 is 17.4 Å². The molecule has 1 aliphatic rings. The van der Waals surface area contributed by atoms with Crippen molar-refractivity contribution < 1.29 is 4.79 Å². The molecule has 0 spiro atoms. The van der Waals surface area contributed by atoms with Gasteiger partial charge in [-0.1, -0.05) is 36.9 Å². The van der Waals surface area contributed by atoms with Gasteiger partial charge in [-0.05, 0) is 24.3 Å². The third-order valence-corrected chi connectivity index (χ3v) is 2.81. The molecule has 0 heterocycles. The molecule has 0 radical (unpaired) electrons. The first-order chi connectivity index (χ1) is 6.65. The van der Waals surface area contributed by atoms with Crippen molar-refractivity contribution in [2.75, 3.05) is 0 Å². The molecule has 14 heavy (non-hydrogen) atoms. The first-order valence-electron chi connectivity index (χ1n) is 4.84. The van der Waals surface area contributed by atoms with E-state index in [9.17, 15) is 4.79 Å². The quantitative estimate of drug-likeness (QED) is 0.651. The van der Waals surface area contributed by atoms with Gasteiger partial charge in [0.25, 0.3) is 0 Å². The van der Waals surface area contributed by atoms with Gasteiger partial charge in [-0.2, -0.15) is 0 Å². The van der Waals surface area contributed by atoms with Crippen molar-refractivity contribution in [3.63, 3.8) is 0 Å². The summed E-state index contributed by atoms with van der Waals surface area (Å²) in [6.07, 6.45) is 6.75. The van der Waals surface area contributed by atoms with Gasteiger partial charge in [-0.15, -0.1) is 0 Å². The van der Waals surface area contributed by atoms with Gasteiger partial charge < -0.3 is 0 Å². The number of halogens is 1. The van der Waals surface area contributed by atoms with Gasteiger partial charge >= 0.3 is 0 Å². The minimum Gasteiger partial charge on any atom is -0.300 e. The van der Waals surface area contributed by atoms with Gasteiger partial charge in [0.2, 0.25) is 0 Å². The van der Waals surface area contributed by atoms with E-state index in [2.05, 4.69) is 13.2 Å². The number of Topliss-reactive ketones (excluding diaryl/α,β-unsaturated/α-hetero) is 1. The Morgan fingerprint density at radius 1 is 1.43 bits per heavy atom. The van der Waals surface area contributed by atoms with Crippen LogP contribution in [0.25, 0.3) is 0 Å². The topological polar surface area (TPSA) is 17.1 Å². The van der Waals surface area contributed by atoms with E-state index in [1.54, 1.807) is 6.08 Å². The summed E-state index contributed by atoms with van der Waals surface area (Å²) >= 11 is 5.90. The highest BCUT2D eigenvalue weighted by Crippen LogP contribution is 2.32. The molecule has 0 amide bonds. The van der Waals surface area contributed by atoms with E-state index in [1.807, 2.05) is 6.08 Å².